The molecule has 0 aliphatic heterocycles. The highest BCUT2D eigenvalue weighted by Crippen LogP contribution is 2.24. The number of hydrogen-bond donors (Lipinski definition) is 0. The van der Waals surface area contributed by atoms with E-state index < -0.39 is 0 Å². The molecule has 0 radical (unpaired) electrons. The smallest absolute Gasteiger partial charge is 0.289 e. The predicted octanol–water partition coefficient (Wildman–Crippen LogP) is 4.49. The van der Waals surface area contributed by atoms with Crippen LogP contribution in [0.25, 0.3) is 11.3 Å². The van der Waals surface area contributed by atoms with Crippen LogP contribution >= 0.6 is 0 Å². The maximum absolute atomic E-state index is 12.7. The van der Waals surface area contributed by atoms with Gasteiger partial charge in [-0.05, 0) is 36.8 Å². The predicted molar refractivity (Wildman–Crippen MR) is 111 cm³/mol. The van der Waals surface area contributed by atoms with Crippen LogP contribution in [0.15, 0.2) is 65.1 Å². The first-order valence-electron chi connectivity index (χ1n) is 9.08. The number of carbonyl (C=O) groups is 2. The van der Waals surface area contributed by atoms with E-state index in [0.29, 0.717) is 17.9 Å². The molecule has 1 aromatic heterocycles. The van der Waals surface area contributed by atoms with Crippen molar-refractivity contribution >= 4 is 17.4 Å². The maximum Gasteiger partial charge on any atom is 0.289 e. The van der Waals surface area contributed by atoms with Gasteiger partial charge < -0.3 is 14.2 Å². The number of ketones is 1. The Balaban J connectivity index is 1.69. The summed E-state index contributed by atoms with van der Waals surface area (Å²) in [7, 11) is 5.74. The molecule has 1 heterocycles. The number of anilines is 1. The van der Waals surface area contributed by atoms with Gasteiger partial charge >= 0.3 is 0 Å². The molecule has 1 amide bonds. The average Bonchev–Trinajstić information content (AvgIpc) is 3.18. The second kappa shape index (κ2) is 8.13. The van der Waals surface area contributed by atoms with E-state index in [1.165, 1.54) is 6.92 Å². The zero-order valence-electron chi connectivity index (χ0n) is 16.6. The highest BCUT2D eigenvalue weighted by Gasteiger charge is 2.17. The summed E-state index contributed by atoms with van der Waals surface area (Å²) >= 11 is 0. The number of nitrogens with zero attached hydrogens (tertiary/aromatic N) is 2. The molecule has 0 aliphatic rings. The molecule has 0 unspecified atom stereocenters. The molecule has 0 fully saturated rings. The van der Waals surface area contributed by atoms with Gasteiger partial charge in [0.1, 0.15) is 5.76 Å². The number of furan rings is 1. The highest BCUT2D eigenvalue weighted by molar-refractivity contribution is 5.94. The zero-order chi connectivity index (χ0) is 20.3. The molecule has 5 heteroatoms. The lowest BCUT2D eigenvalue weighted by Gasteiger charge is -2.17. The number of amides is 1. The molecule has 2 aromatic carbocycles. The van der Waals surface area contributed by atoms with Gasteiger partial charge in [-0.3, -0.25) is 9.59 Å². The van der Waals surface area contributed by atoms with Crippen LogP contribution in [-0.4, -0.2) is 37.7 Å². The van der Waals surface area contributed by atoms with Crippen molar-refractivity contribution in [2.45, 2.75) is 13.5 Å². The molecular formula is C23H24N2O3. The molecule has 28 heavy (non-hydrogen) atoms. The van der Waals surface area contributed by atoms with Crippen LogP contribution in [0, 0.1) is 0 Å². The van der Waals surface area contributed by atoms with E-state index in [9.17, 15) is 9.59 Å². The molecule has 0 atom stereocenters. The minimum atomic E-state index is -0.178. The summed E-state index contributed by atoms with van der Waals surface area (Å²) < 4.78 is 5.76. The number of rotatable bonds is 6. The first kappa shape index (κ1) is 19.4. The summed E-state index contributed by atoms with van der Waals surface area (Å²) in [6, 6.07) is 18.7. The van der Waals surface area contributed by atoms with E-state index in [1.807, 2.05) is 55.4 Å². The molecule has 3 rings (SSSR count). The standard InChI is InChI=1S/C23H24N2O3/c1-16(26)18-7-9-19(10-8-18)21-13-14-22(28-21)23(27)25(4)15-17-5-11-20(12-6-17)24(2)3/h5-14H,15H2,1-4H3. The Morgan fingerprint density at radius 3 is 2.07 bits per heavy atom. The maximum atomic E-state index is 12.7. The van der Waals surface area contributed by atoms with Gasteiger partial charge in [0.15, 0.2) is 11.5 Å². The molecule has 0 spiro atoms. The second-order valence-corrected chi connectivity index (χ2v) is 7.02. The van der Waals surface area contributed by atoms with Gasteiger partial charge in [0.25, 0.3) is 5.91 Å². The van der Waals surface area contributed by atoms with Gasteiger partial charge in [-0.15, -0.1) is 0 Å². The average molecular weight is 376 g/mol. The Kier molecular flexibility index (Phi) is 5.64. The summed E-state index contributed by atoms with van der Waals surface area (Å²) in [5.74, 6) is 0.727. The molecule has 0 N–H and O–H groups in total. The van der Waals surface area contributed by atoms with E-state index in [0.717, 1.165) is 16.8 Å². The number of Topliss-reactive ketones (excluding diaryl/α,β-unsaturated/α-hetero) is 1. The third-order valence-electron chi connectivity index (χ3n) is 4.61. The highest BCUT2D eigenvalue weighted by atomic mass is 16.4. The number of hydrogen-bond acceptors (Lipinski definition) is 4. The van der Waals surface area contributed by atoms with E-state index >= 15 is 0 Å². The van der Waals surface area contributed by atoms with E-state index in [2.05, 4.69) is 0 Å². The van der Waals surface area contributed by atoms with Crippen LogP contribution in [0.5, 0.6) is 0 Å². The SMILES string of the molecule is CC(=O)c1ccc(-c2ccc(C(=O)N(C)Cc3ccc(N(C)C)cc3)o2)cc1. The summed E-state index contributed by atoms with van der Waals surface area (Å²) in [4.78, 5) is 27.7. The minimum absolute atomic E-state index is 0.0158. The second-order valence-electron chi connectivity index (χ2n) is 7.02. The van der Waals surface area contributed by atoms with Crippen molar-refractivity contribution in [1.29, 1.82) is 0 Å². The van der Waals surface area contributed by atoms with Crippen LogP contribution < -0.4 is 4.90 Å². The molecular weight excluding hydrogens is 352 g/mol. The van der Waals surface area contributed by atoms with E-state index in [4.69, 9.17) is 4.42 Å². The molecule has 0 bridgehead atoms. The van der Waals surface area contributed by atoms with Crippen molar-refractivity contribution in [3.05, 3.63) is 77.6 Å². The Morgan fingerprint density at radius 1 is 0.857 bits per heavy atom. The van der Waals surface area contributed by atoms with Crippen LogP contribution in [0.1, 0.15) is 33.4 Å². The van der Waals surface area contributed by atoms with E-state index in [1.54, 1.807) is 36.2 Å². The lowest BCUT2D eigenvalue weighted by Crippen LogP contribution is -2.25. The summed E-state index contributed by atoms with van der Waals surface area (Å²) in [6.07, 6.45) is 0. The third kappa shape index (κ3) is 4.31. The van der Waals surface area contributed by atoms with E-state index in [-0.39, 0.29) is 17.5 Å². The van der Waals surface area contributed by atoms with Crippen molar-refractivity contribution in [3.63, 3.8) is 0 Å². The van der Waals surface area contributed by atoms with Gasteiger partial charge in [-0.1, -0.05) is 36.4 Å². The van der Waals surface area contributed by atoms with Crippen molar-refractivity contribution in [2.75, 3.05) is 26.0 Å². The third-order valence-corrected chi connectivity index (χ3v) is 4.61. The fourth-order valence-electron chi connectivity index (χ4n) is 2.91. The van der Waals surface area contributed by atoms with Gasteiger partial charge in [-0.25, -0.2) is 0 Å². The fraction of sp³-hybridized carbons (Fsp3) is 0.217. The Labute approximate surface area is 165 Å². The van der Waals surface area contributed by atoms with Crippen LogP contribution in [-0.2, 0) is 6.54 Å². The largest absolute Gasteiger partial charge is 0.451 e. The fourth-order valence-corrected chi connectivity index (χ4v) is 2.91. The lowest BCUT2D eigenvalue weighted by molar-refractivity contribution is 0.0754. The molecule has 0 saturated heterocycles. The molecule has 0 saturated carbocycles. The van der Waals surface area contributed by atoms with Crippen LogP contribution in [0.4, 0.5) is 5.69 Å². The Bertz CT molecular complexity index is 970. The Morgan fingerprint density at radius 2 is 1.50 bits per heavy atom. The molecule has 3 aromatic rings. The quantitative estimate of drug-likeness (QED) is 0.595. The zero-order valence-corrected chi connectivity index (χ0v) is 16.6. The lowest BCUT2D eigenvalue weighted by atomic mass is 10.1. The van der Waals surface area contributed by atoms with Crippen molar-refractivity contribution in [2.24, 2.45) is 0 Å². The summed E-state index contributed by atoms with van der Waals surface area (Å²) in [6.45, 7) is 2.03. The summed E-state index contributed by atoms with van der Waals surface area (Å²) in [5.41, 5.74) is 3.63. The van der Waals surface area contributed by atoms with Gasteiger partial charge in [0.05, 0.1) is 0 Å². The van der Waals surface area contributed by atoms with Crippen molar-refractivity contribution < 1.29 is 14.0 Å². The van der Waals surface area contributed by atoms with Crippen molar-refractivity contribution in [3.8, 4) is 11.3 Å². The molecule has 0 aliphatic carbocycles. The Hall–Kier alpha value is -3.34. The van der Waals surface area contributed by atoms with Gasteiger partial charge in [-0.2, -0.15) is 0 Å². The van der Waals surface area contributed by atoms with Crippen LogP contribution in [0.3, 0.4) is 0 Å². The van der Waals surface area contributed by atoms with Gasteiger partial charge in [0, 0.05) is 44.5 Å². The topological polar surface area (TPSA) is 53.8 Å². The monoisotopic (exact) mass is 376 g/mol. The molecule has 144 valence electrons. The summed E-state index contributed by atoms with van der Waals surface area (Å²) in [5, 5.41) is 0. The normalized spacial score (nSPS) is 10.6. The minimum Gasteiger partial charge on any atom is -0.451 e. The number of benzene rings is 2. The first-order chi connectivity index (χ1) is 13.3. The van der Waals surface area contributed by atoms with Crippen molar-refractivity contribution in [1.82, 2.24) is 4.90 Å². The molecule has 5 nitrogen and oxygen atoms in total. The number of carbonyl (C=O) groups excluding carboxylic acids is 2. The first-order valence-corrected chi connectivity index (χ1v) is 9.08. The van der Waals surface area contributed by atoms with Crippen LogP contribution in [0.2, 0.25) is 0 Å². The van der Waals surface area contributed by atoms with Gasteiger partial charge in [0.2, 0.25) is 0 Å².